The Kier molecular flexibility index (Phi) is 6.38. The molecule has 7 heteroatoms. The van der Waals surface area contributed by atoms with Crippen LogP contribution in [0.3, 0.4) is 0 Å². The molecule has 3 aromatic rings. The number of para-hydroxylation sites is 1. The zero-order valence-electron chi connectivity index (χ0n) is 14.6. The molecule has 0 bridgehead atoms. The minimum absolute atomic E-state index is 0.454. The third-order valence-corrected chi connectivity index (χ3v) is 3.92. The molecule has 0 heterocycles. The summed E-state index contributed by atoms with van der Waals surface area (Å²) in [6, 6.07) is 23.0. The lowest BCUT2D eigenvalue weighted by Gasteiger charge is -2.07. The summed E-state index contributed by atoms with van der Waals surface area (Å²) in [5, 5.41) is 6.71. The Bertz CT molecular complexity index is 989. The van der Waals surface area contributed by atoms with Crippen LogP contribution in [0, 0.1) is 0 Å². The van der Waals surface area contributed by atoms with E-state index in [-0.39, 0.29) is 0 Å². The largest absolute Gasteiger partial charge is 0.457 e. The molecule has 0 fully saturated rings. The van der Waals surface area contributed by atoms with Crippen LogP contribution in [0.25, 0.3) is 0 Å². The molecule has 0 aliphatic heterocycles. The molecule has 3 rings (SSSR count). The topological polar surface area (TPSA) is 79.8 Å². The number of halogens is 1. The van der Waals surface area contributed by atoms with Gasteiger partial charge in [0.25, 0.3) is 0 Å². The lowest BCUT2D eigenvalue weighted by molar-refractivity contribution is -0.136. The van der Waals surface area contributed by atoms with Crippen LogP contribution < -0.4 is 15.5 Å². The van der Waals surface area contributed by atoms with Gasteiger partial charge >= 0.3 is 11.8 Å². The summed E-state index contributed by atoms with van der Waals surface area (Å²) >= 11 is 5.98. The SMILES string of the molecule is O=C(N/N=C\c1ccccc1Cl)C(=O)Nc1ccc(Oc2ccccc2)cc1. The molecule has 0 aromatic heterocycles. The third-order valence-electron chi connectivity index (χ3n) is 3.57. The Morgan fingerprint density at radius 1 is 0.821 bits per heavy atom. The molecule has 0 aliphatic carbocycles. The molecule has 3 aromatic carbocycles. The van der Waals surface area contributed by atoms with E-state index >= 15 is 0 Å². The number of rotatable bonds is 5. The van der Waals surface area contributed by atoms with E-state index in [1.54, 1.807) is 48.5 Å². The predicted octanol–water partition coefficient (Wildman–Crippen LogP) is 4.22. The Morgan fingerprint density at radius 3 is 2.18 bits per heavy atom. The van der Waals surface area contributed by atoms with E-state index in [4.69, 9.17) is 16.3 Å². The summed E-state index contributed by atoms with van der Waals surface area (Å²) in [6.45, 7) is 0. The molecule has 2 N–H and O–H groups in total. The first-order valence-corrected chi connectivity index (χ1v) is 8.71. The van der Waals surface area contributed by atoms with Gasteiger partial charge in [-0.25, -0.2) is 5.43 Å². The predicted molar refractivity (Wildman–Crippen MR) is 109 cm³/mol. The van der Waals surface area contributed by atoms with Gasteiger partial charge in [-0.3, -0.25) is 9.59 Å². The van der Waals surface area contributed by atoms with Crippen molar-refractivity contribution in [2.45, 2.75) is 0 Å². The van der Waals surface area contributed by atoms with Gasteiger partial charge in [-0.2, -0.15) is 5.10 Å². The smallest absolute Gasteiger partial charge is 0.329 e. The van der Waals surface area contributed by atoms with Crippen LogP contribution in [0.15, 0.2) is 84.0 Å². The number of hydrogen-bond acceptors (Lipinski definition) is 4. The van der Waals surface area contributed by atoms with Gasteiger partial charge in [-0.1, -0.05) is 48.0 Å². The fourth-order valence-corrected chi connectivity index (χ4v) is 2.39. The molecule has 0 radical (unpaired) electrons. The summed E-state index contributed by atoms with van der Waals surface area (Å²) in [5.41, 5.74) is 3.24. The number of nitrogens with one attached hydrogen (secondary N) is 2. The van der Waals surface area contributed by atoms with Crippen LogP contribution in [-0.2, 0) is 9.59 Å². The normalized spacial score (nSPS) is 10.5. The summed E-state index contributed by atoms with van der Waals surface area (Å²) in [4.78, 5) is 23.8. The molecule has 0 atom stereocenters. The molecule has 0 spiro atoms. The van der Waals surface area contributed by atoms with Crippen molar-refractivity contribution < 1.29 is 14.3 Å². The van der Waals surface area contributed by atoms with Gasteiger partial charge in [-0.15, -0.1) is 0 Å². The van der Waals surface area contributed by atoms with Crippen LogP contribution in [0.5, 0.6) is 11.5 Å². The quantitative estimate of drug-likeness (QED) is 0.387. The molecule has 140 valence electrons. The van der Waals surface area contributed by atoms with E-state index in [2.05, 4.69) is 15.8 Å². The molecule has 0 saturated carbocycles. The molecule has 2 amide bonds. The molecule has 6 nitrogen and oxygen atoms in total. The maximum atomic E-state index is 11.9. The lowest BCUT2D eigenvalue weighted by Crippen LogP contribution is -2.32. The monoisotopic (exact) mass is 393 g/mol. The Balaban J connectivity index is 1.52. The fraction of sp³-hybridized carbons (Fsp3) is 0. The first-order valence-electron chi connectivity index (χ1n) is 8.34. The van der Waals surface area contributed by atoms with Gasteiger partial charge < -0.3 is 10.1 Å². The van der Waals surface area contributed by atoms with Crippen molar-refractivity contribution >= 4 is 35.3 Å². The highest BCUT2D eigenvalue weighted by molar-refractivity contribution is 6.39. The van der Waals surface area contributed by atoms with Crippen molar-refractivity contribution in [2.75, 3.05) is 5.32 Å². The second-order valence-corrected chi connectivity index (χ2v) is 6.02. The number of nitrogens with zero attached hydrogens (tertiary/aromatic N) is 1. The molecule has 0 saturated heterocycles. The number of carbonyl (C=O) groups excluding carboxylic acids is 2. The fourth-order valence-electron chi connectivity index (χ4n) is 2.21. The van der Waals surface area contributed by atoms with Crippen molar-refractivity contribution in [1.82, 2.24) is 5.43 Å². The van der Waals surface area contributed by atoms with Gasteiger partial charge in [0, 0.05) is 16.3 Å². The Hall–Kier alpha value is -3.64. The van der Waals surface area contributed by atoms with E-state index < -0.39 is 11.8 Å². The second-order valence-electron chi connectivity index (χ2n) is 5.61. The van der Waals surface area contributed by atoms with Gasteiger partial charge in [0.1, 0.15) is 11.5 Å². The first kappa shape index (κ1) is 19.1. The minimum atomic E-state index is -0.895. The van der Waals surface area contributed by atoms with Crippen molar-refractivity contribution in [3.8, 4) is 11.5 Å². The number of hydrogen-bond donors (Lipinski definition) is 2. The Morgan fingerprint density at radius 2 is 1.46 bits per heavy atom. The van der Waals surface area contributed by atoms with Crippen LogP contribution >= 0.6 is 11.6 Å². The lowest BCUT2D eigenvalue weighted by atomic mass is 10.2. The van der Waals surface area contributed by atoms with Crippen molar-refractivity contribution in [1.29, 1.82) is 0 Å². The number of amides is 2. The summed E-state index contributed by atoms with van der Waals surface area (Å²) < 4.78 is 5.67. The zero-order valence-corrected chi connectivity index (χ0v) is 15.4. The van der Waals surface area contributed by atoms with Gasteiger partial charge in [-0.05, 0) is 42.5 Å². The van der Waals surface area contributed by atoms with Crippen LogP contribution in [-0.4, -0.2) is 18.0 Å². The third kappa shape index (κ3) is 5.43. The number of carbonyl (C=O) groups is 2. The maximum absolute atomic E-state index is 11.9. The number of anilines is 1. The van der Waals surface area contributed by atoms with E-state index in [1.807, 2.05) is 30.3 Å². The summed E-state index contributed by atoms with van der Waals surface area (Å²) in [7, 11) is 0. The van der Waals surface area contributed by atoms with Crippen LogP contribution in [0.1, 0.15) is 5.56 Å². The highest BCUT2D eigenvalue weighted by Gasteiger charge is 2.13. The zero-order chi connectivity index (χ0) is 19.8. The highest BCUT2D eigenvalue weighted by atomic mass is 35.5. The van der Waals surface area contributed by atoms with E-state index in [1.165, 1.54) is 6.21 Å². The molecule has 0 aliphatic rings. The minimum Gasteiger partial charge on any atom is -0.457 e. The molecular formula is C21H16ClN3O3. The van der Waals surface area contributed by atoms with E-state index in [0.717, 1.165) is 0 Å². The van der Waals surface area contributed by atoms with Crippen molar-refractivity contribution in [3.63, 3.8) is 0 Å². The highest BCUT2D eigenvalue weighted by Crippen LogP contribution is 2.22. The number of benzene rings is 3. The number of hydrazone groups is 1. The second kappa shape index (κ2) is 9.34. The standard InChI is InChI=1S/C21H16ClN3O3/c22-19-9-5-4-6-15(19)14-23-25-21(27)20(26)24-16-10-12-18(13-11-16)28-17-7-2-1-3-8-17/h1-14H,(H,24,26)(H,25,27)/b23-14-. The van der Waals surface area contributed by atoms with E-state index in [0.29, 0.717) is 27.8 Å². The maximum Gasteiger partial charge on any atom is 0.329 e. The average Bonchev–Trinajstić information content (AvgIpc) is 2.71. The van der Waals surface area contributed by atoms with Gasteiger partial charge in [0.2, 0.25) is 0 Å². The molecule has 28 heavy (non-hydrogen) atoms. The van der Waals surface area contributed by atoms with Crippen LogP contribution in [0.2, 0.25) is 5.02 Å². The Labute approximate surface area is 166 Å². The molecule has 0 unspecified atom stereocenters. The average molecular weight is 394 g/mol. The van der Waals surface area contributed by atoms with Crippen molar-refractivity contribution in [3.05, 3.63) is 89.4 Å². The van der Waals surface area contributed by atoms with Crippen molar-refractivity contribution in [2.24, 2.45) is 5.10 Å². The van der Waals surface area contributed by atoms with E-state index in [9.17, 15) is 9.59 Å². The van der Waals surface area contributed by atoms with Crippen LogP contribution in [0.4, 0.5) is 5.69 Å². The molecular weight excluding hydrogens is 378 g/mol. The summed E-state index contributed by atoms with van der Waals surface area (Å²) in [6.07, 6.45) is 1.36. The first-order chi connectivity index (χ1) is 13.6. The number of ether oxygens (including phenoxy) is 1. The summed E-state index contributed by atoms with van der Waals surface area (Å²) in [5.74, 6) is -0.422. The van der Waals surface area contributed by atoms with Gasteiger partial charge in [0.05, 0.1) is 6.21 Å². The van der Waals surface area contributed by atoms with Gasteiger partial charge in [0.15, 0.2) is 0 Å².